The quantitative estimate of drug-likeness (QED) is 0.778. The van der Waals surface area contributed by atoms with E-state index in [1.54, 1.807) is 0 Å². The third kappa shape index (κ3) is 3.52. The molecule has 1 heteroatoms. The Bertz CT molecular complexity index is 294. The molecule has 1 aromatic rings. The summed E-state index contributed by atoms with van der Waals surface area (Å²) in [6, 6.07) is 8.79. The molecule has 0 atom stereocenters. The molecule has 1 aromatic carbocycles. The highest BCUT2D eigenvalue weighted by Gasteiger charge is 2.05. The maximum atomic E-state index is 5.41. The summed E-state index contributed by atoms with van der Waals surface area (Å²) in [7, 11) is 0. The van der Waals surface area contributed by atoms with E-state index in [9.17, 15) is 0 Å². The van der Waals surface area contributed by atoms with Gasteiger partial charge in [0.05, 0.1) is 0 Å². The molecule has 0 amide bonds. The second kappa shape index (κ2) is 6.41. The summed E-state index contributed by atoms with van der Waals surface area (Å²) in [5.41, 5.74) is 8.09. The van der Waals surface area contributed by atoms with E-state index in [2.05, 4.69) is 44.2 Å². The summed E-state index contributed by atoms with van der Waals surface area (Å²) >= 11 is 0. The first-order chi connectivity index (χ1) is 7.31. The molecule has 0 saturated heterocycles. The molecule has 0 radical (unpaired) electrons. The molecule has 1 rings (SSSR count). The zero-order valence-corrected chi connectivity index (χ0v) is 9.74. The van der Waals surface area contributed by atoms with Crippen molar-refractivity contribution in [1.29, 1.82) is 0 Å². The van der Waals surface area contributed by atoms with E-state index < -0.39 is 0 Å². The molecule has 0 bridgehead atoms. The Morgan fingerprint density at radius 1 is 1.13 bits per heavy atom. The zero-order chi connectivity index (χ0) is 11.1. The van der Waals surface area contributed by atoms with Gasteiger partial charge in [0.2, 0.25) is 0 Å². The van der Waals surface area contributed by atoms with Crippen LogP contribution in [0.15, 0.2) is 30.3 Å². The topological polar surface area (TPSA) is 26.0 Å². The minimum Gasteiger partial charge on any atom is -0.327 e. The molecule has 1 nitrogen and oxygen atoms in total. The molecule has 0 aromatic heterocycles. The molecule has 15 heavy (non-hydrogen) atoms. The lowest BCUT2D eigenvalue weighted by molar-refractivity contribution is 0.642. The zero-order valence-electron chi connectivity index (χ0n) is 9.74. The van der Waals surface area contributed by atoms with Gasteiger partial charge < -0.3 is 5.73 Å². The second-order valence-electron chi connectivity index (χ2n) is 3.82. The molecule has 0 unspecified atom stereocenters. The van der Waals surface area contributed by atoms with Crippen LogP contribution in [0.2, 0.25) is 0 Å². The van der Waals surface area contributed by atoms with Gasteiger partial charge in [0.25, 0.3) is 0 Å². The number of hydrogen-bond donors (Lipinski definition) is 1. The average Bonchev–Trinajstić information content (AvgIpc) is 2.29. The molecule has 82 valence electrons. The van der Waals surface area contributed by atoms with Crippen molar-refractivity contribution in [1.82, 2.24) is 0 Å². The van der Waals surface area contributed by atoms with Crippen LogP contribution < -0.4 is 5.73 Å². The van der Waals surface area contributed by atoms with E-state index in [1.165, 1.54) is 24.0 Å². The Labute approximate surface area is 93.0 Å². The Balaban J connectivity index is 2.75. The van der Waals surface area contributed by atoms with Crippen LogP contribution in [0.5, 0.6) is 0 Å². The minimum absolute atomic E-state index is 0.605. The summed E-state index contributed by atoms with van der Waals surface area (Å²) in [5, 5.41) is 0. The van der Waals surface area contributed by atoms with Gasteiger partial charge in [0.1, 0.15) is 0 Å². The molecule has 0 saturated carbocycles. The standard InChI is InChI=1S/C14H21N/c1-3-13(4-2)14-9-7-12(8-10-14)6-5-11-15/h5-10,13H,3-4,11,15H2,1-2H3/b6-5+. The van der Waals surface area contributed by atoms with Crippen molar-refractivity contribution in [2.75, 3.05) is 6.54 Å². The Kier molecular flexibility index (Phi) is 5.13. The maximum absolute atomic E-state index is 5.41. The summed E-state index contributed by atoms with van der Waals surface area (Å²) in [5.74, 6) is 0.706. The van der Waals surface area contributed by atoms with Gasteiger partial charge in [0, 0.05) is 6.54 Å². The summed E-state index contributed by atoms with van der Waals surface area (Å²) < 4.78 is 0. The lowest BCUT2D eigenvalue weighted by Gasteiger charge is -2.12. The van der Waals surface area contributed by atoms with Gasteiger partial charge >= 0.3 is 0 Å². The number of benzene rings is 1. The van der Waals surface area contributed by atoms with Crippen LogP contribution in [0.3, 0.4) is 0 Å². The van der Waals surface area contributed by atoms with Gasteiger partial charge in [-0.3, -0.25) is 0 Å². The van der Waals surface area contributed by atoms with Crippen molar-refractivity contribution in [3.8, 4) is 0 Å². The Hall–Kier alpha value is -1.08. The molecular formula is C14H21N. The predicted octanol–water partition coefficient (Wildman–Crippen LogP) is 3.56. The SMILES string of the molecule is CCC(CC)c1ccc(/C=C/CN)cc1. The average molecular weight is 203 g/mol. The highest BCUT2D eigenvalue weighted by Crippen LogP contribution is 2.23. The van der Waals surface area contributed by atoms with E-state index in [0.717, 1.165) is 0 Å². The lowest BCUT2D eigenvalue weighted by atomic mass is 9.93. The van der Waals surface area contributed by atoms with Crippen molar-refractivity contribution >= 4 is 6.08 Å². The van der Waals surface area contributed by atoms with E-state index in [4.69, 9.17) is 5.73 Å². The number of hydrogen-bond acceptors (Lipinski definition) is 1. The van der Waals surface area contributed by atoms with Gasteiger partial charge in [-0.15, -0.1) is 0 Å². The summed E-state index contributed by atoms with van der Waals surface area (Å²) in [6.07, 6.45) is 6.48. The molecule has 0 aliphatic carbocycles. The number of nitrogens with two attached hydrogens (primary N) is 1. The highest BCUT2D eigenvalue weighted by atomic mass is 14.5. The minimum atomic E-state index is 0.605. The smallest absolute Gasteiger partial charge is 0.0110 e. The lowest BCUT2D eigenvalue weighted by Crippen LogP contribution is -1.95. The Morgan fingerprint density at radius 2 is 1.73 bits per heavy atom. The van der Waals surface area contributed by atoms with Crippen molar-refractivity contribution in [3.05, 3.63) is 41.5 Å². The van der Waals surface area contributed by atoms with Crippen LogP contribution in [-0.2, 0) is 0 Å². The van der Waals surface area contributed by atoms with E-state index in [0.29, 0.717) is 12.5 Å². The van der Waals surface area contributed by atoms with Crippen LogP contribution in [0, 0.1) is 0 Å². The van der Waals surface area contributed by atoms with Gasteiger partial charge in [-0.05, 0) is 29.9 Å². The van der Waals surface area contributed by atoms with Crippen LogP contribution in [-0.4, -0.2) is 6.54 Å². The van der Waals surface area contributed by atoms with Gasteiger partial charge in [-0.1, -0.05) is 50.3 Å². The molecule has 0 heterocycles. The van der Waals surface area contributed by atoms with Crippen molar-refractivity contribution in [2.24, 2.45) is 5.73 Å². The molecule has 2 N–H and O–H groups in total. The van der Waals surface area contributed by atoms with Gasteiger partial charge in [-0.25, -0.2) is 0 Å². The van der Waals surface area contributed by atoms with Crippen molar-refractivity contribution < 1.29 is 0 Å². The first-order valence-electron chi connectivity index (χ1n) is 5.78. The predicted molar refractivity (Wildman–Crippen MR) is 67.9 cm³/mol. The fourth-order valence-corrected chi connectivity index (χ4v) is 1.84. The fraction of sp³-hybridized carbons (Fsp3) is 0.429. The van der Waals surface area contributed by atoms with Crippen molar-refractivity contribution in [2.45, 2.75) is 32.6 Å². The number of rotatable bonds is 5. The van der Waals surface area contributed by atoms with E-state index in [1.807, 2.05) is 6.08 Å². The van der Waals surface area contributed by atoms with Crippen LogP contribution in [0.25, 0.3) is 6.08 Å². The molecule has 0 aliphatic rings. The maximum Gasteiger partial charge on any atom is 0.0110 e. The largest absolute Gasteiger partial charge is 0.327 e. The Morgan fingerprint density at radius 3 is 2.20 bits per heavy atom. The second-order valence-corrected chi connectivity index (χ2v) is 3.82. The molecule has 0 fully saturated rings. The summed E-state index contributed by atoms with van der Waals surface area (Å²) in [4.78, 5) is 0. The molecule has 0 aliphatic heterocycles. The molecular weight excluding hydrogens is 182 g/mol. The fourth-order valence-electron chi connectivity index (χ4n) is 1.84. The monoisotopic (exact) mass is 203 g/mol. The molecule has 0 spiro atoms. The van der Waals surface area contributed by atoms with Crippen LogP contribution in [0.1, 0.15) is 43.7 Å². The van der Waals surface area contributed by atoms with Crippen LogP contribution >= 0.6 is 0 Å². The third-order valence-corrected chi connectivity index (χ3v) is 2.84. The normalized spacial score (nSPS) is 11.5. The van der Waals surface area contributed by atoms with Gasteiger partial charge in [-0.2, -0.15) is 0 Å². The van der Waals surface area contributed by atoms with E-state index >= 15 is 0 Å². The third-order valence-electron chi connectivity index (χ3n) is 2.84. The van der Waals surface area contributed by atoms with Gasteiger partial charge in [0.15, 0.2) is 0 Å². The summed E-state index contributed by atoms with van der Waals surface area (Å²) in [6.45, 7) is 5.10. The van der Waals surface area contributed by atoms with Crippen LogP contribution in [0.4, 0.5) is 0 Å². The first kappa shape index (κ1) is 12.0. The first-order valence-corrected chi connectivity index (χ1v) is 5.78. The highest BCUT2D eigenvalue weighted by molar-refractivity contribution is 5.50. The van der Waals surface area contributed by atoms with Crippen molar-refractivity contribution in [3.63, 3.8) is 0 Å². The van der Waals surface area contributed by atoms with E-state index in [-0.39, 0.29) is 0 Å².